The predicted molar refractivity (Wildman–Crippen MR) is 102 cm³/mol. The van der Waals surface area contributed by atoms with Crippen molar-refractivity contribution in [3.8, 4) is 16.9 Å². The fraction of sp³-hybridized carbons (Fsp3) is 0.455. The van der Waals surface area contributed by atoms with Gasteiger partial charge in [0.15, 0.2) is 0 Å². The Morgan fingerprint density at radius 3 is 2.44 bits per heavy atom. The standard InChI is InChI=1S/C22H26F3NO/c1-22(2,25)15-26-10-8-16(9-11-26)14-27-19-6-7-20(21(24)13-19)17-4-3-5-18(23)12-17/h3-7,12-13,16H,8-11,14-15H2,1-2H3. The predicted octanol–water partition coefficient (Wildman–Crippen LogP) is 5.47. The van der Waals surface area contributed by atoms with Gasteiger partial charge in [0, 0.05) is 18.2 Å². The van der Waals surface area contributed by atoms with Crippen molar-refractivity contribution in [3.63, 3.8) is 0 Å². The Morgan fingerprint density at radius 1 is 1.07 bits per heavy atom. The second-order valence-corrected chi connectivity index (χ2v) is 7.90. The monoisotopic (exact) mass is 377 g/mol. The van der Waals surface area contributed by atoms with Crippen molar-refractivity contribution in [3.05, 3.63) is 54.1 Å². The maximum Gasteiger partial charge on any atom is 0.134 e. The average molecular weight is 377 g/mol. The van der Waals surface area contributed by atoms with E-state index in [-0.39, 0.29) is 0 Å². The van der Waals surface area contributed by atoms with Crippen molar-refractivity contribution >= 4 is 0 Å². The van der Waals surface area contributed by atoms with Crippen LogP contribution in [0.25, 0.3) is 11.1 Å². The second kappa shape index (κ2) is 8.34. The summed E-state index contributed by atoms with van der Waals surface area (Å²) in [5, 5.41) is 0. The van der Waals surface area contributed by atoms with E-state index >= 15 is 0 Å². The van der Waals surface area contributed by atoms with E-state index in [0.29, 0.717) is 35.9 Å². The molecule has 1 aliphatic rings. The highest BCUT2D eigenvalue weighted by Gasteiger charge is 2.25. The number of alkyl halides is 1. The molecular weight excluding hydrogens is 351 g/mol. The van der Waals surface area contributed by atoms with Gasteiger partial charge in [-0.05, 0) is 75.5 Å². The smallest absolute Gasteiger partial charge is 0.134 e. The fourth-order valence-electron chi connectivity index (χ4n) is 3.53. The molecule has 0 bridgehead atoms. The molecule has 146 valence electrons. The molecule has 0 atom stereocenters. The molecular formula is C22H26F3NO. The summed E-state index contributed by atoms with van der Waals surface area (Å²) < 4.78 is 47.2. The van der Waals surface area contributed by atoms with Gasteiger partial charge in [0.1, 0.15) is 23.1 Å². The highest BCUT2D eigenvalue weighted by atomic mass is 19.1. The molecule has 27 heavy (non-hydrogen) atoms. The highest BCUT2D eigenvalue weighted by molar-refractivity contribution is 5.65. The molecule has 0 aliphatic carbocycles. The molecule has 0 N–H and O–H groups in total. The van der Waals surface area contributed by atoms with Crippen molar-refractivity contribution in [1.29, 1.82) is 0 Å². The van der Waals surface area contributed by atoms with Crippen molar-refractivity contribution in [2.75, 3.05) is 26.2 Å². The summed E-state index contributed by atoms with van der Waals surface area (Å²) in [6.07, 6.45) is 1.89. The Morgan fingerprint density at radius 2 is 1.81 bits per heavy atom. The molecule has 1 fully saturated rings. The quantitative estimate of drug-likeness (QED) is 0.662. The first-order valence-corrected chi connectivity index (χ1v) is 9.40. The third-order valence-electron chi connectivity index (χ3n) is 4.87. The van der Waals surface area contributed by atoms with Crippen LogP contribution in [0.1, 0.15) is 26.7 Å². The van der Waals surface area contributed by atoms with Gasteiger partial charge >= 0.3 is 0 Å². The average Bonchev–Trinajstić information content (AvgIpc) is 2.60. The van der Waals surface area contributed by atoms with Gasteiger partial charge in [0.25, 0.3) is 0 Å². The second-order valence-electron chi connectivity index (χ2n) is 7.90. The maximum atomic E-state index is 14.4. The fourth-order valence-corrected chi connectivity index (χ4v) is 3.53. The van der Waals surface area contributed by atoms with E-state index in [0.717, 1.165) is 25.9 Å². The number of halogens is 3. The van der Waals surface area contributed by atoms with Crippen LogP contribution < -0.4 is 4.74 Å². The van der Waals surface area contributed by atoms with Crippen LogP contribution in [-0.4, -0.2) is 36.8 Å². The zero-order valence-corrected chi connectivity index (χ0v) is 15.9. The van der Waals surface area contributed by atoms with E-state index in [4.69, 9.17) is 4.74 Å². The number of benzene rings is 2. The molecule has 0 saturated carbocycles. The van der Waals surface area contributed by atoms with Crippen molar-refractivity contribution in [2.24, 2.45) is 5.92 Å². The zero-order chi connectivity index (χ0) is 19.4. The first-order chi connectivity index (χ1) is 12.8. The molecule has 0 radical (unpaired) electrons. The van der Waals surface area contributed by atoms with Crippen molar-refractivity contribution in [1.82, 2.24) is 4.90 Å². The van der Waals surface area contributed by atoms with Crippen LogP contribution in [0.15, 0.2) is 42.5 Å². The Labute approximate surface area is 159 Å². The van der Waals surface area contributed by atoms with Crippen LogP contribution in [0.3, 0.4) is 0 Å². The Kier molecular flexibility index (Phi) is 6.10. The Bertz CT molecular complexity index is 764. The first-order valence-electron chi connectivity index (χ1n) is 9.40. The first kappa shape index (κ1) is 19.7. The molecule has 2 aromatic rings. The van der Waals surface area contributed by atoms with Crippen LogP contribution >= 0.6 is 0 Å². The minimum Gasteiger partial charge on any atom is -0.493 e. The number of piperidine rings is 1. The molecule has 0 aromatic heterocycles. The maximum absolute atomic E-state index is 14.4. The van der Waals surface area contributed by atoms with Crippen molar-refractivity contribution in [2.45, 2.75) is 32.4 Å². The van der Waals surface area contributed by atoms with Gasteiger partial charge in [-0.3, -0.25) is 0 Å². The summed E-state index contributed by atoms with van der Waals surface area (Å²) in [5.41, 5.74) is -0.323. The van der Waals surface area contributed by atoms with Crippen LogP contribution in [0.5, 0.6) is 5.75 Å². The lowest BCUT2D eigenvalue weighted by Crippen LogP contribution is -2.41. The van der Waals surface area contributed by atoms with Gasteiger partial charge in [-0.2, -0.15) is 0 Å². The van der Waals surface area contributed by atoms with Gasteiger partial charge in [0.05, 0.1) is 6.61 Å². The highest BCUT2D eigenvalue weighted by Crippen LogP contribution is 2.28. The van der Waals surface area contributed by atoms with Crippen LogP contribution in [0.2, 0.25) is 0 Å². The van der Waals surface area contributed by atoms with Crippen LogP contribution in [0, 0.1) is 17.6 Å². The molecule has 3 rings (SSSR count). The van der Waals surface area contributed by atoms with E-state index in [9.17, 15) is 13.2 Å². The normalized spacial score (nSPS) is 16.5. The molecule has 0 amide bonds. The number of nitrogens with zero attached hydrogens (tertiary/aromatic N) is 1. The molecule has 5 heteroatoms. The lowest BCUT2D eigenvalue weighted by atomic mass is 9.97. The Balaban J connectivity index is 1.53. The van der Waals surface area contributed by atoms with Crippen LogP contribution in [-0.2, 0) is 0 Å². The molecule has 2 nitrogen and oxygen atoms in total. The number of hydrogen-bond acceptors (Lipinski definition) is 2. The number of ether oxygens (including phenoxy) is 1. The van der Waals surface area contributed by atoms with E-state index < -0.39 is 17.3 Å². The van der Waals surface area contributed by atoms with Gasteiger partial charge in [-0.15, -0.1) is 0 Å². The minimum absolute atomic E-state index is 0.351. The van der Waals surface area contributed by atoms with Gasteiger partial charge in [0.2, 0.25) is 0 Å². The topological polar surface area (TPSA) is 12.5 Å². The molecule has 2 aromatic carbocycles. The van der Waals surface area contributed by atoms with Crippen LogP contribution in [0.4, 0.5) is 13.2 Å². The third-order valence-corrected chi connectivity index (χ3v) is 4.87. The summed E-state index contributed by atoms with van der Waals surface area (Å²) in [4.78, 5) is 2.14. The molecule has 1 heterocycles. The van der Waals surface area contributed by atoms with Gasteiger partial charge in [-0.1, -0.05) is 12.1 Å². The lowest BCUT2D eigenvalue weighted by Gasteiger charge is -2.34. The summed E-state index contributed by atoms with van der Waals surface area (Å²) in [5.74, 6) is 0.0303. The summed E-state index contributed by atoms with van der Waals surface area (Å²) >= 11 is 0. The van der Waals surface area contributed by atoms with E-state index in [1.54, 1.807) is 38.1 Å². The number of rotatable bonds is 6. The van der Waals surface area contributed by atoms with E-state index in [2.05, 4.69) is 4.90 Å². The molecule has 1 aliphatic heterocycles. The largest absolute Gasteiger partial charge is 0.493 e. The van der Waals surface area contributed by atoms with Gasteiger partial charge < -0.3 is 9.64 Å². The van der Waals surface area contributed by atoms with E-state index in [1.165, 1.54) is 18.2 Å². The third kappa shape index (κ3) is 5.73. The molecule has 1 saturated heterocycles. The zero-order valence-electron chi connectivity index (χ0n) is 15.9. The summed E-state index contributed by atoms with van der Waals surface area (Å²) in [6.45, 7) is 5.88. The lowest BCUT2D eigenvalue weighted by molar-refractivity contribution is 0.0836. The SMILES string of the molecule is CC(C)(F)CN1CCC(COc2ccc(-c3cccc(F)c3)c(F)c2)CC1. The summed E-state index contributed by atoms with van der Waals surface area (Å²) in [7, 11) is 0. The Hall–Kier alpha value is -2.01. The summed E-state index contributed by atoms with van der Waals surface area (Å²) in [6, 6.07) is 10.6. The number of hydrogen-bond donors (Lipinski definition) is 0. The van der Waals surface area contributed by atoms with E-state index in [1.807, 2.05) is 0 Å². The molecule has 0 spiro atoms. The number of likely N-dealkylation sites (tertiary alicyclic amines) is 1. The minimum atomic E-state index is -1.18. The molecule has 0 unspecified atom stereocenters. The van der Waals surface area contributed by atoms with Crippen molar-refractivity contribution < 1.29 is 17.9 Å². The van der Waals surface area contributed by atoms with Gasteiger partial charge in [-0.25, -0.2) is 13.2 Å².